The topological polar surface area (TPSA) is 66.6 Å². The van der Waals surface area contributed by atoms with Gasteiger partial charge in [0.2, 0.25) is 5.89 Å². The average Bonchev–Trinajstić information content (AvgIpc) is 2.67. The number of hydrogen-bond donors (Lipinski definition) is 1. The summed E-state index contributed by atoms with van der Waals surface area (Å²) in [6, 6.07) is 9.68. The van der Waals surface area contributed by atoms with Gasteiger partial charge >= 0.3 is 0 Å². The molecule has 0 amide bonds. The van der Waals surface area contributed by atoms with Gasteiger partial charge in [-0.25, -0.2) is 0 Å². The Morgan fingerprint density at radius 1 is 1.15 bits per heavy atom. The largest absolute Gasteiger partial charge is 0.415 e. The van der Waals surface area contributed by atoms with Crippen LogP contribution >= 0.6 is 0 Å². The van der Waals surface area contributed by atoms with Crippen molar-refractivity contribution in [2.45, 2.75) is 6.54 Å². The number of rotatable bonds is 2. The molecule has 0 saturated carbocycles. The number of aromatic nitrogens is 2. The van der Waals surface area contributed by atoms with Crippen molar-refractivity contribution in [3.8, 4) is 11.5 Å². The van der Waals surface area contributed by atoms with E-state index in [2.05, 4.69) is 15.9 Å². The molecule has 0 aliphatic carbocycles. The summed E-state index contributed by atoms with van der Waals surface area (Å²) in [5, 5.41) is 7.73. The van der Waals surface area contributed by atoms with Crippen molar-refractivity contribution >= 4 is 0 Å². The molecule has 1 heterocycles. The second kappa shape index (κ2) is 3.37. The van der Waals surface area contributed by atoms with Crippen LogP contribution in [0.5, 0.6) is 0 Å². The van der Waals surface area contributed by atoms with E-state index in [9.17, 15) is 0 Å². The molecule has 0 atom stereocenters. The molecule has 1 aromatic heterocycles. The molecule has 0 aliphatic rings. The highest BCUT2D eigenvalue weighted by Crippen LogP contribution is 2.15. The van der Waals surface area contributed by atoms with Crippen LogP contribution in [0.15, 0.2) is 34.7 Å². The highest BCUT2D eigenvalue weighted by molar-refractivity contribution is 5.51. The minimum atomic E-state index is 0.528. The minimum Gasteiger partial charge on any atom is -0.415 e. The first kappa shape index (κ1) is 7.94. The molecule has 2 aromatic rings. The van der Waals surface area contributed by atoms with E-state index in [1.54, 1.807) is 0 Å². The SMILES string of the molecule is [NH3+]Cc1nnc(-c2ccccc2)o1. The Morgan fingerprint density at radius 2 is 1.92 bits per heavy atom. The van der Waals surface area contributed by atoms with Crippen LogP contribution in [0.25, 0.3) is 11.5 Å². The van der Waals surface area contributed by atoms with Gasteiger partial charge in [0.25, 0.3) is 5.89 Å². The van der Waals surface area contributed by atoms with Gasteiger partial charge in [-0.3, -0.25) is 0 Å². The third-order valence-electron chi connectivity index (χ3n) is 1.70. The van der Waals surface area contributed by atoms with Crippen molar-refractivity contribution in [1.82, 2.24) is 10.2 Å². The zero-order valence-electron chi connectivity index (χ0n) is 7.10. The van der Waals surface area contributed by atoms with Crippen molar-refractivity contribution in [3.05, 3.63) is 36.2 Å². The molecule has 0 aliphatic heterocycles. The Morgan fingerprint density at radius 3 is 2.54 bits per heavy atom. The second-order valence-electron chi connectivity index (χ2n) is 2.62. The van der Waals surface area contributed by atoms with Gasteiger partial charge in [0.15, 0.2) is 6.54 Å². The number of benzene rings is 1. The van der Waals surface area contributed by atoms with Gasteiger partial charge in [0.05, 0.1) is 0 Å². The molecule has 4 nitrogen and oxygen atoms in total. The predicted molar refractivity (Wildman–Crippen MR) is 46.3 cm³/mol. The van der Waals surface area contributed by atoms with Crippen LogP contribution in [0.1, 0.15) is 5.89 Å². The van der Waals surface area contributed by atoms with E-state index in [1.807, 2.05) is 30.3 Å². The van der Waals surface area contributed by atoms with E-state index in [0.29, 0.717) is 18.3 Å². The molecule has 0 fully saturated rings. The lowest BCUT2D eigenvalue weighted by atomic mass is 10.2. The van der Waals surface area contributed by atoms with Gasteiger partial charge in [0, 0.05) is 5.56 Å². The van der Waals surface area contributed by atoms with E-state index in [1.165, 1.54) is 0 Å². The molecular formula is C9H10N3O+. The quantitative estimate of drug-likeness (QED) is 0.723. The number of nitrogens with zero attached hydrogens (tertiary/aromatic N) is 2. The van der Waals surface area contributed by atoms with Gasteiger partial charge in [-0.05, 0) is 12.1 Å². The van der Waals surface area contributed by atoms with Crippen molar-refractivity contribution < 1.29 is 10.2 Å². The van der Waals surface area contributed by atoms with Crippen molar-refractivity contribution in [2.75, 3.05) is 0 Å². The van der Waals surface area contributed by atoms with Gasteiger partial charge in [-0.1, -0.05) is 18.2 Å². The fraction of sp³-hybridized carbons (Fsp3) is 0.111. The van der Waals surface area contributed by atoms with Crippen LogP contribution in [0.3, 0.4) is 0 Å². The molecular weight excluding hydrogens is 166 g/mol. The van der Waals surface area contributed by atoms with Crippen molar-refractivity contribution in [2.24, 2.45) is 0 Å². The Hall–Kier alpha value is -1.68. The van der Waals surface area contributed by atoms with Crippen LogP contribution in [-0.2, 0) is 6.54 Å². The summed E-state index contributed by atoms with van der Waals surface area (Å²) >= 11 is 0. The summed E-state index contributed by atoms with van der Waals surface area (Å²) in [4.78, 5) is 0. The van der Waals surface area contributed by atoms with Crippen molar-refractivity contribution in [3.63, 3.8) is 0 Å². The van der Waals surface area contributed by atoms with E-state index in [0.717, 1.165) is 5.56 Å². The first-order chi connectivity index (χ1) is 6.40. The molecule has 3 N–H and O–H groups in total. The third-order valence-corrected chi connectivity index (χ3v) is 1.70. The lowest BCUT2D eigenvalue weighted by molar-refractivity contribution is -0.391. The molecule has 0 radical (unpaired) electrons. The maximum Gasteiger partial charge on any atom is 0.271 e. The predicted octanol–water partition coefficient (Wildman–Crippen LogP) is 0.478. The Bertz CT molecular complexity index is 383. The van der Waals surface area contributed by atoms with Crippen LogP contribution in [0.2, 0.25) is 0 Å². The van der Waals surface area contributed by atoms with E-state index in [-0.39, 0.29) is 0 Å². The molecule has 0 unspecified atom stereocenters. The van der Waals surface area contributed by atoms with Crippen LogP contribution in [-0.4, -0.2) is 10.2 Å². The maximum atomic E-state index is 5.33. The minimum absolute atomic E-state index is 0.528. The molecule has 1 aromatic carbocycles. The fourth-order valence-electron chi connectivity index (χ4n) is 1.05. The highest BCUT2D eigenvalue weighted by atomic mass is 16.4. The van der Waals surface area contributed by atoms with Crippen LogP contribution in [0.4, 0.5) is 0 Å². The molecule has 0 spiro atoms. The van der Waals surface area contributed by atoms with Gasteiger partial charge in [-0.2, -0.15) is 0 Å². The zero-order valence-corrected chi connectivity index (χ0v) is 7.10. The first-order valence-corrected chi connectivity index (χ1v) is 4.07. The normalized spacial score (nSPS) is 10.2. The third kappa shape index (κ3) is 1.57. The van der Waals surface area contributed by atoms with E-state index >= 15 is 0 Å². The standard InChI is InChI=1S/C9H9N3O/c10-6-8-11-12-9(13-8)7-4-2-1-3-5-7/h1-5H,6,10H2/p+1. The Kier molecular flexibility index (Phi) is 2.06. The molecule has 0 saturated heterocycles. The van der Waals surface area contributed by atoms with Crippen molar-refractivity contribution in [1.29, 1.82) is 0 Å². The second-order valence-corrected chi connectivity index (χ2v) is 2.62. The summed E-state index contributed by atoms with van der Waals surface area (Å²) in [6.45, 7) is 0.528. The lowest BCUT2D eigenvalue weighted by Crippen LogP contribution is -2.47. The molecule has 2 rings (SSSR count). The van der Waals surface area contributed by atoms with Gasteiger partial charge in [0.1, 0.15) is 0 Å². The number of hydrogen-bond acceptors (Lipinski definition) is 3. The average molecular weight is 176 g/mol. The molecule has 66 valence electrons. The highest BCUT2D eigenvalue weighted by Gasteiger charge is 2.06. The summed E-state index contributed by atoms with van der Waals surface area (Å²) in [5.74, 6) is 1.12. The first-order valence-electron chi connectivity index (χ1n) is 4.07. The van der Waals surface area contributed by atoms with Crippen LogP contribution in [0, 0.1) is 0 Å². The smallest absolute Gasteiger partial charge is 0.271 e. The summed E-state index contributed by atoms with van der Waals surface area (Å²) < 4.78 is 5.33. The summed E-state index contributed by atoms with van der Waals surface area (Å²) in [7, 11) is 0. The molecule has 0 bridgehead atoms. The zero-order chi connectivity index (χ0) is 9.10. The molecule has 13 heavy (non-hydrogen) atoms. The Labute approximate surface area is 75.4 Å². The fourth-order valence-corrected chi connectivity index (χ4v) is 1.05. The maximum absolute atomic E-state index is 5.33. The molecule has 4 heteroatoms. The van der Waals surface area contributed by atoms with Gasteiger partial charge < -0.3 is 10.2 Å². The Balaban J connectivity index is 2.36. The van der Waals surface area contributed by atoms with Crippen LogP contribution < -0.4 is 5.73 Å². The monoisotopic (exact) mass is 176 g/mol. The van der Waals surface area contributed by atoms with E-state index < -0.39 is 0 Å². The summed E-state index contributed by atoms with van der Waals surface area (Å²) in [6.07, 6.45) is 0. The van der Waals surface area contributed by atoms with Gasteiger partial charge in [-0.15, -0.1) is 10.2 Å². The summed E-state index contributed by atoms with van der Waals surface area (Å²) in [5.41, 5.74) is 4.61. The lowest BCUT2D eigenvalue weighted by Gasteiger charge is -1.90. The number of quaternary nitrogens is 1. The van der Waals surface area contributed by atoms with E-state index in [4.69, 9.17) is 4.42 Å².